The Labute approximate surface area is 229 Å². The molecule has 0 heterocycles. The van der Waals surface area contributed by atoms with Gasteiger partial charge in [0.05, 0.1) is 0 Å². The van der Waals surface area contributed by atoms with Crippen molar-refractivity contribution in [3.8, 4) is 11.5 Å². The fourth-order valence-corrected chi connectivity index (χ4v) is 5.46. The Kier molecular flexibility index (Phi) is 12.1. The lowest BCUT2D eigenvalue weighted by Crippen LogP contribution is -2.20. The average molecular weight is 531 g/mol. The van der Waals surface area contributed by atoms with Gasteiger partial charge in [0.15, 0.2) is 0 Å². The molecule has 6 heteroatoms. The zero-order valence-corrected chi connectivity index (χ0v) is 24.1. The molecule has 0 saturated carbocycles. The van der Waals surface area contributed by atoms with Crippen molar-refractivity contribution in [2.24, 2.45) is 0 Å². The quantitative estimate of drug-likeness (QED) is 0.177. The predicted octanol–water partition coefficient (Wildman–Crippen LogP) is 5.20. The van der Waals surface area contributed by atoms with E-state index in [-0.39, 0.29) is 54.7 Å². The summed E-state index contributed by atoms with van der Waals surface area (Å²) in [6.45, 7) is 10.6. The highest BCUT2D eigenvalue weighted by Crippen LogP contribution is 2.46. The van der Waals surface area contributed by atoms with Crippen molar-refractivity contribution >= 4 is 0 Å². The van der Waals surface area contributed by atoms with Crippen molar-refractivity contribution in [3.63, 3.8) is 0 Å². The number of benzene rings is 2. The molecule has 2 aromatic rings. The normalized spacial score (nSPS) is 12.5. The van der Waals surface area contributed by atoms with Crippen molar-refractivity contribution in [2.45, 2.75) is 103 Å². The second-order valence-electron chi connectivity index (χ2n) is 12.0. The number of aryl methyl sites for hydroxylation is 2. The Morgan fingerprint density at radius 3 is 1.24 bits per heavy atom. The lowest BCUT2D eigenvalue weighted by atomic mass is 9.75. The van der Waals surface area contributed by atoms with E-state index in [9.17, 15) is 30.6 Å². The summed E-state index contributed by atoms with van der Waals surface area (Å²) in [6.07, 6.45) is 5.22. The first kappa shape index (κ1) is 32.1. The number of hydrogen-bond donors (Lipinski definition) is 6. The molecule has 0 aliphatic carbocycles. The third-order valence-corrected chi connectivity index (χ3v) is 7.96. The largest absolute Gasteiger partial charge is 0.507 e. The second-order valence-corrected chi connectivity index (χ2v) is 12.0. The summed E-state index contributed by atoms with van der Waals surface area (Å²) in [4.78, 5) is 0. The summed E-state index contributed by atoms with van der Waals surface area (Å²) in [6, 6.07) is 7.99. The van der Waals surface area contributed by atoms with Crippen molar-refractivity contribution < 1.29 is 30.6 Å². The molecule has 0 atom stereocenters. The van der Waals surface area contributed by atoms with E-state index in [1.54, 1.807) is 0 Å². The first-order valence-corrected chi connectivity index (χ1v) is 14.1. The highest BCUT2D eigenvalue weighted by Gasteiger charge is 2.31. The van der Waals surface area contributed by atoms with Crippen LogP contribution in [-0.2, 0) is 23.7 Å². The number of hydrogen-bond acceptors (Lipinski definition) is 6. The van der Waals surface area contributed by atoms with Gasteiger partial charge in [-0.3, -0.25) is 0 Å². The number of aromatic hydroxyl groups is 2. The van der Waals surface area contributed by atoms with Crippen LogP contribution in [0.4, 0.5) is 0 Å². The molecular weight excluding hydrogens is 480 g/mol. The maximum atomic E-state index is 11.6. The summed E-state index contributed by atoms with van der Waals surface area (Å²) in [5, 5.41) is 60.9. The predicted molar refractivity (Wildman–Crippen MR) is 153 cm³/mol. The van der Waals surface area contributed by atoms with Gasteiger partial charge in [0, 0.05) is 54.6 Å². The Morgan fingerprint density at radius 1 is 0.579 bits per heavy atom. The van der Waals surface area contributed by atoms with Gasteiger partial charge in [0.25, 0.3) is 0 Å². The Bertz CT molecular complexity index is 946. The summed E-state index contributed by atoms with van der Waals surface area (Å²) >= 11 is 0. The number of aliphatic hydroxyl groups excluding tert-OH is 4. The average Bonchev–Trinajstić information content (AvgIpc) is 2.88. The van der Waals surface area contributed by atoms with E-state index in [4.69, 9.17) is 0 Å². The van der Waals surface area contributed by atoms with E-state index in [0.717, 1.165) is 33.4 Å². The van der Waals surface area contributed by atoms with Crippen LogP contribution in [0.25, 0.3) is 0 Å². The monoisotopic (exact) mass is 530 g/mol. The van der Waals surface area contributed by atoms with Crippen LogP contribution >= 0.6 is 0 Å². The van der Waals surface area contributed by atoms with Gasteiger partial charge in [-0.15, -0.1) is 0 Å². The van der Waals surface area contributed by atoms with E-state index in [0.29, 0.717) is 51.4 Å². The fourth-order valence-electron chi connectivity index (χ4n) is 5.46. The van der Waals surface area contributed by atoms with E-state index >= 15 is 0 Å². The van der Waals surface area contributed by atoms with Crippen LogP contribution in [0.3, 0.4) is 0 Å². The molecular formula is C32H50O6. The first-order chi connectivity index (χ1) is 17.9. The first-order valence-electron chi connectivity index (χ1n) is 14.1. The highest BCUT2D eigenvalue weighted by atomic mass is 16.3. The fraction of sp³-hybridized carbons (Fsp3) is 0.625. The Morgan fingerprint density at radius 2 is 0.921 bits per heavy atom. The Hall–Kier alpha value is -2.12. The van der Waals surface area contributed by atoms with Gasteiger partial charge in [0.1, 0.15) is 11.5 Å². The Balaban J connectivity index is 2.73. The van der Waals surface area contributed by atoms with Gasteiger partial charge >= 0.3 is 0 Å². The van der Waals surface area contributed by atoms with Crippen LogP contribution in [0.2, 0.25) is 0 Å². The summed E-state index contributed by atoms with van der Waals surface area (Å²) in [7, 11) is 0. The third-order valence-electron chi connectivity index (χ3n) is 7.96. The molecule has 0 aliphatic heterocycles. The highest BCUT2D eigenvalue weighted by molar-refractivity contribution is 5.56. The van der Waals surface area contributed by atoms with Crippen molar-refractivity contribution in [1.29, 1.82) is 0 Å². The summed E-state index contributed by atoms with van der Waals surface area (Å²) < 4.78 is 0. The van der Waals surface area contributed by atoms with Crippen molar-refractivity contribution in [3.05, 3.63) is 57.6 Å². The maximum absolute atomic E-state index is 11.6. The minimum Gasteiger partial charge on any atom is -0.507 e. The van der Waals surface area contributed by atoms with Crippen molar-refractivity contribution in [2.75, 3.05) is 26.4 Å². The number of rotatable bonds is 16. The number of phenolic OH excluding ortho intramolecular Hbond substituents is 2. The van der Waals surface area contributed by atoms with Crippen LogP contribution in [0.1, 0.15) is 112 Å². The molecule has 0 unspecified atom stereocenters. The molecule has 0 fully saturated rings. The van der Waals surface area contributed by atoms with Crippen LogP contribution in [0.15, 0.2) is 24.3 Å². The molecule has 0 saturated heterocycles. The summed E-state index contributed by atoms with van der Waals surface area (Å²) in [5.41, 5.74) is 4.35. The second kappa shape index (κ2) is 14.3. The molecule has 0 aliphatic rings. The minimum atomic E-state index is -0.376. The third kappa shape index (κ3) is 7.95. The SMILES string of the molecule is CC(c1cc(CCCO)cc(C(C)(C)CCCO)c1O)c1cc(CCCO)cc(C(C)(C)CCCO)c1O. The zero-order valence-electron chi connectivity index (χ0n) is 24.1. The smallest absolute Gasteiger partial charge is 0.123 e. The van der Waals surface area contributed by atoms with Gasteiger partial charge in [-0.05, 0) is 73.3 Å². The lowest BCUT2D eigenvalue weighted by Gasteiger charge is -2.31. The molecule has 6 N–H and O–H groups in total. The van der Waals surface area contributed by atoms with Gasteiger partial charge in [-0.25, -0.2) is 0 Å². The molecule has 0 bridgehead atoms. The standard InChI is InChI=1S/C32H50O6/c1-22(25-18-23(10-6-14-33)20-27(29(25)37)31(2,3)12-8-16-35)26-19-24(11-7-15-34)21-28(30(26)38)32(4,5)13-9-17-36/h18-22,33-38H,6-17H2,1-5H3. The molecule has 0 aromatic heterocycles. The van der Waals surface area contributed by atoms with Crippen LogP contribution in [-0.4, -0.2) is 57.1 Å². The van der Waals surface area contributed by atoms with Gasteiger partial charge in [-0.1, -0.05) is 58.9 Å². The van der Waals surface area contributed by atoms with Crippen LogP contribution in [0.5, 0.6) is 11.5 Å². The molecule has 0 spiro atoms. The zero-order chi connectivity index (χ0) is 28.5. The molecule has 2 rings (SSSR count). The molecule has 38 heavy (non-hydrogen) atoms. The molecule has 0 amide bonds. The number of phenols is 2. The van der Waals surface area contributed by atoms with E-state index in [2.05, 4.69) is 27.7 Å². The number of aliphatic hydroxyl groups is 4. The van der Waals surface area contributed by atoms with E-state index in [1.807, 2.05) is 31.2 Å². The van der Waals surface area contributed by atoms with E-state index in [1.165, 1.54) is 0 Å². The van der Waals surface area contributed by atoms with Crippen LogP contribution < -0.4 is 0 Å². The molecule has 0 radical (unpaired) electrons. The minimum absolute atomic E-state index is 0.0783. The van der Waals surface area contributed by atoms with E-state index < -0.39 is 0 Å². The van der Waals surface area contributed by atoms with Crippen LogP contribution in [0, 0.1) is 0 Å². The van der Waals surface area contributed by atoms with Crippen molar-refractivity contribution in [1.82, 2.24) is 0 Å². The van der Waals surface area contributed by atoms with Gasteiger partial charge < -0.3 is 30.6 Å². The topological polar surface area (TPSA) is 121 Å². The molecule has 214 valence electrons. The molecule has 2 aromatic carbocycles. The van der Waals surface area contributed by atoms with Gasteiger partial charge in [-0.2, -0.15) is 0 Å². The lowest BCUT2D eigenvalue weighted by molar-refractivity contribution is 0.267. The molecule has 6 nitrogen and oxygen atoms in total. The summed E-state index contributed by atoms with van der Waals surface area (Å²) in [5.74, 6) is 0.0850. The van der Waals surface area contributed by atoms with Gasteiger partial charge in [0.2, 0.25) is 0 Å². The maximum Gasteiger partial charge on any atom is 0.123 e.